The largest absolute Gasteiger partial charge is 0.330 e. The maximum Gasteiger partial charge on any atom is 0.330 e. The van der Waals surface area contributed by atoms with Gasteiger partial charge in [-0.05, 0) is 30.4 Å². The van der Waals surface area contributed by atoms with E-state index < -0.39 is 21.8 Å². The van der Waals surface area contributed by atoms with Crippen molar-refractivity contribution in [3.63, 3.8) is 0 Å². The van der Waals surface area contributed by atoms with Crippen molar-refractivity contribution < 1.29 is 12.8 Å². The Balaban J connectivity index is 2.72. The lowest BCUT2D eigenvalue weighted by atomic mass is 10.0. The Bertz CT molecular complexity index is 835. The zero-order valence-corrected chi connectivity index (χ0v) is 13.7. The van der Waals surface area contributed by atoms with Gasteiger partial charge in [0.1, 0.15) is 0 Å². The van der Waals surface area contributed by atoms with Crippen LogP contribution in [0.1, 0.15) is 25.0 Å². The Kier molecular flexibility index (Phi) is 2.24. The molecule has 1 aromatic heterocycles. The summed E-state index contributed by atoms with van der Waals surface area (Å²) in [6.45, 7) is 3.61. The second-order valence-electron chi connectivity index (χ2n) is 6.22. The van der Waals surface area contributed by atoms with E-state index in [-0.39, 0.29) is 11.3 Å². The Hall–Kier alpha value is -1.48. The van der Waals surface area contributed by atoms with Crippen molar-refractivity contribution in [2.45, 2.75) is 40.3 Å². The number of nitrogens with zero attached hydrogens (tertiary/aromatic N) is 2. The molecule has 0 fully saturated rings. The summed E-state index contributed by atoms with van der Waals surface area (Å²) < 4.78 is 48.2. The van der Waals surface area contributed by atoms with Crippen LogP contribution >= 0.6 is 0 Å². The third kappa shape index (κ3) is 2.83. The van der Waals surface area contributed by atoms with Gasteiger partial charge in [0.2, 0.25) is 0 Å². The molecule has 0 spiro atoms. The number of hydrogen-bond donors (Lipinski definition) is 0. The van der Waals surface area contributed by atoms with Crippen LogP contribution in [0, 0.1) is 20.6 Å². The lowest BCUT2D eigenvalue weighted by Crippen LogP contribution is -2.47. The number of rotatable bonds is 2. The van der Waals surface area contributed by atoms with Crippen molar-refractivity contribution in [3.05, 3.63) is 41.2 Å². The number of aromatic nitrogens is 2. The molecule has 2 rings (SSSR count). The van der Waals surface area contributed by atoms with E-state index in [9.17, 15) is 0 Å². The van der Waals surface area contributed by atoms with Crippen LogP contribution in [0.25, 0.3) is 11.4 Å². The first-order valence-corrected chi connectivity index (χ1v) is 10.2. The standard InChI is InChI=1S/C17H25N2Si/c1-12-8-9-15(13(2)10-12)17-18-14(3)16(11-19(17)4)20(5,6)7/h8-11H,1-7H3/q+1/i1D3,3D3. The van der Waals surface area contributed by atoms with Crippen LogP contribution in [-0.2, 0) is 7.05 Å². The molecule has 20 heavy (non-hydrogen) atoms. The van der Waals surface area contributed by atoms with Crippen molar-refractivity contribution in [2.75, 3.05) is 0 Å². The fourth-order valence-electron chi connectivity index (χ4n) is 2.27. The van der Waals surface area contributed by atoms with Crippen molar-refractivity contribution in [1.82, 2.24) is 4.98 Å². The van der Waals surface area contributed by atoms with Crippen molar-refractivity contribution >= 4 is 13.3 Å². The molecule has 0 unspecified atom stereocenters. The molecule has 0 N–H and O–H groups in total. The minimum atomic E-state index is -2.30. The predicted octanol–water partition coefficient (Wildman–Crippen LogP) is 3.04. The molecule has 0 amide bonds. The van der Waals surface area contributed by atoms with Gasteiger partial charge in [0.05, 0.1) is 26.9 Å². The molecule has 0 aliphatic heterocycles. The molecule has 106 valence electrons. The average molecular weight is 292 g/mol. The monoisotopic (exact) mass is 291 g/mol. The molecule has 2 aromatic rings. The predicted molar refractivity (Wildman–Crippen MR) is 88.0 cm³/mol. The summed E-state index contributed by atoms with van der Waals surface area (Å²) in [5.41, 5.74) is 1.88. The van der Waals surface area contributed by atoms with Gasteiger partial charge in [-0.1, -0.05) is 37.3 Å². The summed E-state index contributed by atoms with van der Waals surface area (Å²) in [7, 11) is -0.0684. The molecule has 0 aliphatic carbocycles. The molecule has 0 bridgehead atoms. The van der Waals surface area contributed by atoms with E-state index in [0.717, 1.165) is 16.3 Å². The average Bonchev–Trinajstić information content (AvgIpc) is 2.44. The van der Waals surface area contributed by atoms with E-state index in [1.54, 1.807) is 18.2 Å². The molecule has 0 radical (unpaired) electrons. The highest BCUT2D eigenvalue weighted by Gasteiger charge is 2.26. The highest BCUT2D eigenvalue weighted by Crippen LogP contribution is 2.20. The van der Waals surface area contributed by atoms with E-state index in [4.69, 9.17) is 8.22 Å². The summed E-state index contributed by atoms with van der Waals surface area (Å²) in [6.07, 6.45) is 1.87. The lowest BCUT2D eigenvalue weighted by molar-refractivity contribution is -0.662. The van der Waals surface area contributed by atoms with Gasteiger partial charge in [0.25, 0.3) is 0 Å². The van der Waals surface area contributed by atoms with Gasteiger partial charge in [0.15, 0.2) is 5.69 Å². The smallest absolute Gasteiger partial charge is 0.233 e. The molecule has 1 aromatic carbocycles. The Morgan fingerprint density at radius 2 is 1.95 bits per heavy atom. The molecular weight excluding hydrogens is 260 g/mol. The highest BCUT2D eigenvalue weighted by molar-refractivity contribution is 6.88. The molecule has 0 saturated heterocycles. The minimum absolute atomic E-state index is 0.143. The van der Waals surface area contributed by atoms with Gasteiger partial charge >= 0.3 is 5.82 Å². The van der Waals surface area contributed by atoms with Crippen LogP contribution < -0.4 is 9.75 Å². The molecule has 1 heterocycles. The van der Waals surface area contributed by atoms with Crippen LogP contribution in [0.15, 0.2) is 24.4 Å². The van der Waals surface area contributed by atoms with Crippen molar-refractivity contribution in [3.8, 4) is 11.4 Å². The first-order valence-electron chi connectivity index (χ1n) is 9.65. The van der Waals surface area contributed by atoms with Crippen LogP contribution in [0.5, 0.6) is 0 Å². The lowest BCUT2D eigenvalue weighted by Gasteiger charge is -2.16. The van der Waals surface area contributed by atoms with Crippen LogP contribution in [0.4, 0.5) is 0 Å². The SMILES string of the molecule is [2H]C([2H])([2H])c1ccc(-c2nc(C([2H])([2H])[2H])c([Si](C)(C)C)c[n+]2C)c(C)c1. The third-order valence-corrected chi connectivity index (χ3v) is 5.39. The van der Waals surface area contributed by atoms with Gasteiger partial charge in [-0.15, -0.1) is 0 Å². The second-order valence-corrected chi connectivity index (χ2v) is 11.3. The summed E-state index contributed by atoms with van der Waals surface area (Å²) in [5.74, 6) is 0.521. The normalized spacial score (nSPS) is 17.4. The van der Waals surface area contributed by atoms with Crippen LogP contribution in [0.3, 0.4) is 0 Å². The van der Waals surface area contributed by atoms with E-state index in [1.165, 1.54) is 0 Å². The second kappa shape index (κ2) is 5.13. The molecule has 0 aliphatic rings. The van der Waals surface area contributed by atoms with E-state index in [1.807, 2.05) is 24.7 Å². The molecule has 0 saturated carbocycles. The number of benzene rings is 1. The Labute approximate surface area is 132 Å². The van der Waals surface area contributed by atoms with Crippen LogP contribution in [0.2, 0.25) is 19.6 Å². The number of hydrogen-bond acceptors (Lipinski definition) is 1. The maximum atomic E-state index is 7.90. The topological polar surface area (TPSA) is 16.8 Å². The number of aryl methyl sites for hydroxylation is 4. The van der Waals surface area contributed by atoms with Gasteiger partial charge < -0.3 is 0 Å². The van der Waals surface area contributed by atoms with Crippen molar-refractivity contribution in [2.24, 2.45) is 7.05 Å². The van der Waals surface area contributed by atoms with E-state index in [0.29, 0.717) is 5.82 Å². The summed E-state index contributed by atoms with van der Waals surface area (Å²) in [5, 5.41) is 0.806. The molecule has 0 atom stereocenters. The first-order chi connectivity index (χ1) is 11.6. The quantitative estimate of drug-likeness (QED) is 0.614. The summed E-state index contributed by atoms with van der Waals surface area (Å²) >= 11 is 0. The summed E-state index contributed by atoms with van der Waals surface area (Å²) in [6, 6.07) is 4.88. The molecule has 3 heteroatoms. The zero-order chi connectivity index (χ0) is 20.1. The van der Waals surface area contributed by atoms with Gasteiger partial charge in [-0.2, -0.15) is 0 Å². The fourth-order valence-corrected chi connectivity index (χ4v) is 3.62. The third-order valence-electron chi connectivity index (χ3n) is 3.40. The Morgan fingerprint density at radius 3 is 2.50 bits per heavy atom. The zero-order valence-electron chi connectivity index (χ0n) is 18.7. The van der Waals surface area contributed by atoms with Gasteiger partial charge in [-0.3, -0.25) is 0 Å². The minimum Gasteiger partial charge on any atom is -0.233 e. The highest BCUT2D eigenvalue weighted by atomic mass is 28.3. The Morgan fingerprint density at radius 1 is 1.20 bits per heavy atom. The first kappa shape index (κ1) is 8.73. The maximum absolute atomic E-state index is 7.90. The summed E-state index contributed by atoms with van der Waals surface area (Å²) in [4.78, 5) is 4.53. The molecular formula is C17H25N2Si+. The van der Waals surface area contributed by atoms with Crippen LogP contribution in [-0.4, -0.2) is 13.1 Å². The van der Waals surface area contributed by atoms with Gasteiger partial charge in [0, 0.05) is 20.3 Å². The van der Waals surface area contributed by atoms with E-state index in [2.05, 4.69) is 24.6 Å². The van der Waals surface area contributed by atoms with Gasteiger partial charge in [-0.25, -0.2) is 4.57 Å². The van der Waals surface area contributed by atoms with E-state index >= 15 is 0 Å². The fraction of sp³-hybridized carbons (Fsp3) is 0.412. The molecule has 2 nitrogen and oxygen atoms in total. The van der Waals surface area contributed by atoms with Crippen molar-refractivity contribution in [1.29, 1.82) is 0 Å².